The highest BCUT2D eigenvalue weighted by molar-refractivity contribution is 6.04. The lowest BCUT2D eigenvalue weighted by atomic mass is 9.84. The molecule has 5 rings (SSSR count). The van der Waals surface area contributed by atoms with E-state index in [2.05, 4.69) is 103 Å². The average molecular weight is 397 g/mol. The topological polar surface area (TPSA) is 26.0 Å². The van der Waals surface area contributed by atoms with Gasteiger partial charge in [-0.15, -0.1) is 0 Å². The Morgan fingerprint density at radius 3 is 1.00 bits per heavy atom. The fourth-order valence-corrected chi connectivity index (χ4v) is 4.10. The summed E-state index contributed by atoms with van der Waals surface area (Å²) >= 11 is 0. The Morgan fingerprint density at radius 2 is 0.677 bits per heavy atom. The third-order valence-electron chi connectivity index (χ3n) is 5.54. The van der Waals surface area contributed by atoms with E-state index in [9.17, 15) is 0 Å². The van der Waals surface area contributed by atoms with Gasteiger partial charge in [0.2, 0.25) is 0 Å². The first-order valence-corrected chi connectivity index (χ1v) is 10.4. The van der Waals surface area contributed by atoms with E-state index in [1.54, 1.807) is 0 Å². The Hall–Kier alpha value is -4.10. The molecular formula is C30H22N. The van der Waals surface area contributed by atoms with Crippen molar-refractivity contribution in [1.82, 2.24) is 0 Å². The molecule has 1 heteroatoms. The van der Waals surface area contributed by atoms with E-state index in [1.165, 1.54) is 0 Å². The quantitative estimate of drug-likeness (QED) is 0.309. The van der Waals surface area contributed by atoms with Crippen LogP contribution in [0.25, 0.3) is 44.5 Å². The molecule has 0 fully saturated rings. The standard InChI is InChI=1S/C30H22N/c31-30-28(24-17-9-3-10-18-24)26(22-13-5-1-6-14-22)21-27(23-15-7-2-8-16-23)29(30)25-19-11-4-12-20-25/h1-20H,31H2. The second-order valence-electron chi connectivity index (χ2n) is 7.50. The Balaban J connectivity index is 1.91. The van der Waals surface area contributed by atoms with Crippen LogP contribution < -0.4 is 5.73 Å². The fraction of sp³-hybridized carbons (Fsp3) is 0. The summed E-state index contributed by atoms with van der Waals surface area (Å²) < 4.78 is 0. The molecule has 0 unspecified atom stereocenters. The van der Waals surface area contributed by atoms with Gasteiger partial charge in [0.1, 0.15) is 0 Å². The molecule has 1 radical (unpaired) electrons. The van der Waals surface area contributed by atoms with Gasteiger partial charge in [0.05, 0.1) is 0 Å². The van der Waals surface area contributed by atoms with Crippen molar-refractivity contribution in [3.8, 4) is 44.5 Å². The third-order valence-corrected chi connectivity index (χ3v) is 5.54. The number of anilines is 1. The smallest absolute Gasteiger partial charge is 0.0486 e. The maximum atomic E-state index is 7.00. The molecule has 5 aromatic rings. The summed E-state index contributed by atoms with van der Waals surface area (Å²) in [5.74, 6) is 0. The maximum absolute atomic E-state index is 7.00. The van der Waals surface area contributed by atoms with Gasteiger partial charge in [-0.3, -0.25) is 0 Å². The van der Waals surface area contributed by atoms with Gasteiger partial charge in [-0.05, 0) is 22.3 Å². The van der Waals surface area contributed by atoms with Crippen LogP contribution in [-0.2, 0) is 0 Å². The van der Waals surface area contributed by atoms with Gasteiger partial charge in [-0.1, -0.05) is 121 Å². The van der Waals surface area contributed by atoms with Crippen molar-refractivity contribution in [2.24, 2.45) is 0 Å². The molecule has 31 heavy (non-hydrogen) atoms. The summed E-state index contributed by atoms with van der Waals surface area (Å²) in [6.45, 7) is 0. The van der Waals surface area contributed by atoms with Gasteiger partial charge in [0, 0.05) is 34.0 Å². The van der Waals surface area contributed by atoms with Gasteiger partial charge in [0.15, 0.2) is 0 Å². The number of nitrogen functional groups attached to an aromatic ring is 1. The van der Waals surface area contributed by atoms with E-state index in [1.807, 2.05) is 24.3 Å². The minimum atomic E-state index is 0.772. The molecular weight excluding hydrogens is 374 g/mol. The van der Waals surface area contributed by atoms with Crippen molar-refractivity contribution in [2.75, 3.05) is 5.73 Å². The zero-order chi connectivity index (χ0) is 21.0. The highest BCUT2D eigenvalue weighted by atomic mass is 14.6. The fourth-order valence-electron chi connectivity index (χ4n) is 4.10. The Labute approximate surface area is 183 Å². The molecule has 0 bridgehead atoms. The molecule has 0 spiro atoms. The molecule has 2 N–H and O–H groups in total. The second kappa shape index (κ2) is 8.33. The van der Waals surface area contributed by atoms with Crippen molar-refractivity contribution < 1.29 is 0 Å². The number of hydrogen-bond acceptors (Lipinski definition) is 1. The van der Waals surface area contributed by atoms with Crippen LogP contribution in [0.1, 0.15) is 0 Å². The van der Waals surface area contributed by atoms with E-state index in [-0.39, 0.29) is 0 Å². The normalized spacial score (nSPS) is 10.7. The largest absolute Gasteiger partial charge is 0.398 e. The van der Waals surface area contributed by atoms with E-state index < -0.39 is 0 Å². The first-order chi connectivity index (χ1) is 15.3. The highest BCUT2D eigenvalue weighted by Crippen LogP contribution is 2.46. The lowest BCUT2D eigenvalue weighted by molar-refractivity contribution is 1.53. The first-order valence-electron chi connectivity index (χ1n) is 10.4. The summed E-state index contributed by atoms with van der Waals surface area (Å²) in [5.41, 5.74) is 16.2. The van der Waals surface area contributed by atoms with Gasteiger partial charge in [-0.2, -0.15) is 0 Å². The number of hydrogen-bond donors (Lipinski definition) is 1. The first kappa shape index (κ1) is 18.9. The molecule has 1 nitrogen and oxygen atoms in total. The molecule has 147 valence electrons. The Morgan fingerprint density at radius 1 is 0.387 bits per heavy atom. The van der Waals surface area contributed by atoms with Crippen LogP contribution in [-0.4, -0.2) is 0 Å². The van der Waals surface area contributed by atoms with E-state index >= 15 is 0 Å². The molecule has 0 aliphatic heterocycles. The summed E-state index contributed by atoms with van der Waals surface area (Å²) in [6, 6.07) is 45.3. The third kappa shape index (κ3) is 3.62. The van der Waals surface area contributed by atoms with Crippen LogP contribution in [0.2, 0.25) is 0 Å². The molecule has 0 saturated heterocycles. The molecule has 0 heterocycles. The van der Waals surface area contributed by atoms with Gasteiger partial charge < -0.3 is 5.73 Å². The van der Waals surface area contributed by atoms with Crippen molar-refractivity contribution in [3.05, 3.63) is 127 Å². The number of benzene rings is 5. The van der Waals surface area contributed by atoms with Crippen molar-refractivity contribution in [3.63, 3.8) is 0 Å². The second-order valence-corrected chi connectivity index (χ2v) is 7.50. The monoisotopic (exact) mass is 396 g/mol. The average Bonchev–Trinajstić information content (AvgIpc) is 2.85. The van der Waals surface area contributed by atoms with Crippen LogP contribution in [0.15, 0.2) is 121 Å². The van der Waals surface area contributed by atoms with E-state index in [4.69, 9.17) is 5.73 Å². The molecule has 0 aliphatic rings. The molecule has 5 aromatic carbocycles. The van der Waals surface area contributed by atoms with Gasteiger partial charge in [-0.25, -0.2) is 0 Å². The maximum Gasteiger partial charge on any atom is 0.0486 e. The van der Waals surface area contributed by atoms with Gasteiger partial charge in [0.25, 0.3) is 0 Å². The van der Waals surface area contributed by atoms with E-state index in [0.717, 1.165) is 50.2 Å². The number of rotatable bonds is 4. The minimum absolute atomic E-state index is 0.772. The predicted molar refractivity (Wildman–Crippen MR) is 131 cm³/mol. The van der Waals surface area contributed by atoms with Gasteiger partial charge >= 0.3 is 0 Å². The van der Waals surface area contributed by atoms with Crippen LogP contribution in [0.3, 0.4) is 0 Å². The minimum Gasteiger partial charge on any atom is -0.398 e. The Kier molecular flexibility index (Phi) is 5.08. The molecule has 0 saturated carbocycles. The number of nitrogens with two attached hydrogens (primary N) is 1. The summed E-state index contributed by atoms with van der Waals surface area (Å²) in [4.78, 5) is 0. The SMILES string of the molecule is Nc1c(-c2ccccc2)c(-c2ccccc2)[c]c(-c2ccccc2)c1-c1ccccc1. The molecule has 0 atom stereocenters. The summed E-state index contributed by atoms with van der Waals surface area (Å²) in [5, 5.41) is 0. The molecule has 0 aliphatic carbocycles. The van der Waals surface area contributed by atoms with Crippen LogP contribution in [0, 0.1) is 6.07 Å². The molecule has 0 amide bonds. The predicted octanol–water partition coefficient (Wildman–Crippen LogP) is 7.74. The zero-order valence-electron chi connectivity index (χ0n) is 17.1. The van der Waals surface area contributed by atoms with Crippen molar-refractivity contribution in [1.29, 1.82) is 0 Å². The van der Waals surface area contributed by atoms with Crippen LogP contribution in [0.4, 0.5) is 5.69 Å². The van der Waals surface area contributed by atoms with Crippen molar-refractivity contribution >= 4 is 5.69 Å². The Bertz CT molecular complexity index is 1190. The highest BCUT2D eigenvalue weighted by Gasteiger charge is 2.20. The van der Waals surface area contributed by atoms with E-state index in [0.29, 0.717) is 0 Å². The lowest BCUT2D eigenvalue weighted by Crippen LogP contribution is -2.00. The van der Waals surface area contributed by atoms with Crippen LogP contribution in [0.5, 0.6) is 0 Å². The summed E-state index contributed by atoms with van der Waals surface area (Å²) in [7, 11) is 0. The summed E-state index contributed by atoms with van der Waals surface area (Å²) in [6.07, 6.45) is 0. The lowest BCUT2D eigenvalue weighted by Gasteiger charge is -2.21. The van der Waals surface area contributed by atoms with Crippen LogP contribution >= 0.6 is 0 Å². The van der Waals surface area contributed by atoms with Crippen molar-refractivity contribution in [2.45, 2.75) is 0 Å². The molecule has 0 aromatic heterocycles. The zero-order valence-corrected chi connectivity index (χ0v) is 17.1.